The van der Waals surface area contributed by atoms with Gasteiger partial charge < -0.3 is 18.4 Å². The number of fused-ring (bicyclic) bond motifs is 8. The van der Waals surface area contributed by atoms with Gasteiger partial charge in [-0.05, 0) is 133 Å². The van der Waals surface area contributed by atoms with E-state index in [1.165, 1.54) is 107 Å². The lowest BCUT2D eigenvalue weighted by atomic mass is 9.76. The van der Waals surface area contributed by atoms with Crippen LogP contribution in [0.2, 0.25) is 0 Å². The van der Waals surface area contributed by atoms with Crippen molar-refractivity contribution in [2.75, 3.05) is 0 Å². The number of hydrogen-bond acceptors (Lipinski definition) is 4. The van der Waals surface area contributed by atoms with Crippen molar-refractivity contribution in [3.8, 4) is 33.6 Å². The fourth-order valence-corrected chi connectivity index (χ4v) is 14.6. The smallest absolute Gasteiger partial charge is 0.399 e. The molecule has 0 atom stereocenters. The molecule has 15 rings (SSSR count). The number of nitrogens with zero attached hydrogens (tertiary/aromatic N) is 2. The van der Waals surface area contributed by atoms with E-state index in [2.05, 4.69) is 201 Å². The van der Waals surface area contributed by atoms with Crippen molar-refractivity contribution in [1.29, 1.82) is 0 Å². The molecule has 0 radical (unpaired) electrons. The Kier molecular flexibility index (Phi) is 7.17. The van der Waals surface area contributed by atoms with Crippen LogP contribution in [0, 0.1) is 5.92 Å². The molecule has 7 aromatic carbocycles. The van der Waals surface area contributed by atoms with Gasteiger partial charge in [0.25, 0.3) is 0 Å². The summed E-state index contributed by atoms with van der Waals surface area (Å²) < 4.78 is 21.3. The Bertz CT molecular complexity index is 3720. The molecule has 0 amide bonds. The van der Waals surface area contributed by atoms with Crippen LogP contribution in [0.1, 0.15) is 54.5 Å². The van der Waals surface area contributed by atoms with Crippen LogP contribution < -0.4 is 5.46 Å². The average molecular weight is 873 g/mol. The summed E-state index contributed by atoms with van der Waals surface area (Å²) in [5.74, 6) is 0.545. The summed E-state index contributed by atoms with van der Waals surface area (Å²) in [5, 5.41) is 7.83. The Morgan fingerprint density at radius 2 is 0.938 bits per heavy atom. The molecule has 1 saturated heterocycles. The zero-order chi connectivity index (χ0) is 43.1. The van der Waals surface area contributed by atoms with Gasteiger partial charge in [0.05, 0.1) is 33.3 Å². The molecule has 4 nitrogen and oxygen atoms in total. The molecule has 2 aliphatic carbocycles. The van der Waals surface area contributed by atoms with Crippen molar-refractivity contribution in [2.24, 2.45) is 5.92 Å². The molecule has 0 unspecified atom stereocenters. The van der Waals surface area contributed by atoms with E-state index in [9.17, 15) is 0 Å². The van der Waals surface area contributed by atoms with Crippen LogP contribution in [0.4, 0.5) is 0 Å². The van der Waals surface area contributed by atoms with Crippen molar-refractivity contribution >= 4 is 111 Å². The summed E-state index contributed by atoms with van der Waals surface area (Å²) in [6.45, 7) is 8.55. The Morgan fingerprint density at radius 3 is 1.42 bits per heavy atom. The largest absolute Gasteiger partial charge is 0.494 e. The SMILES string of the molecule is CC1(C)OB(c2cc3cc(c2)-c2ccc4c(c2)c2c5sc6c(c5ccc2n4-c2ccccc2)C=CC2C=Cc4c(sc5c4ccc4c5c5cc-3ccc5n4-c3ccccc3)C62)OC1(C)C. The van der Waals surface area contributed by atoms with Gasteiger partial charge in [0.15, 0.2) is 0 Å². The van der Waals surface area contributed by atoms with Crippen molar-refractivity contribution in [1.82, 2.24) is 9.13 Å². The summed E-state index contributed by atoms with van der Waals surface area (Å²) in [6.07, 6.45) is 9.78. The zero-order valence-corrected chi connectivity index (χ0v) is 38.0. The van der Waals surface area contributed by atoms with E-state index in [4.69, 9.17) is 9.31 Å². The Hall–Kier alpha value is -6.48. The number of allylic oxidation sites excluding steroid dienone is 2. The number of para-hydroxylation sites is 2. The number of rotatable bonds is 3. The molecule has 2 aliphatic heterocycles. The van der Waals surface area contributed by atoms with Crippen LogP contribution in [0.3, 0.4) is 0 Å². The topological polar surface area (TPSA) is 28.3 Å². The van der Waals surface area contributed by atoms with E-state index >= 15 is 0 Å². The lowest BCUT2D eigenvalue weighted by Gasteiger charge is -2.32. The third kappa shape index (κ3) is 4.89. The molecule has 7 heteroatoms. The first-order valence-electron chi connectivity index (χ1n) is 22.7. The van der Waals surface area contributed by atoms with E-state index in [-0.39, 0.29) is 5.92 Å². The fourth-order valence-electron chi connectivity index (χ4n) is 11.5. The minimum absolute atomic E-state index is 0.248. The standard InChI is InChI=1S/C58H41BN2O2S2/c1-57(2)58(3,4)63-59(62-57)37-28-35-27-36(29-37)34-18-24-47-45(31-34)52-49(61(47)39-13-9-6-10-14-39)26-22-43-41-20-16-32-15-19-40-42-21-25-48-51(55(42)64-53(40)50(32)54(41)65-56(43)52)44-30-33(35)17-23-46(44)60(48)38-11-7-5-8-12-38/h5-32,50H,1-4H3. The highest BCUT2D eigenvalue weighted by atomic mass is 32.1. The van der Waals surface area contributed by atoms with Crippen molar-refractivity contribution in [2.45, 2.75) is 44.8 Å². The second kappa shape index (κ2) is 12.7. The Labute approximate surface area is 384 Å². The first-order chi connectivity index (χ1) is 31.7. The van der Waals surface area contributed by atoms with Gasteiger partial charge >= 0.3 is 7.12 Å². The first-order valence-corrected chi connectivity index (χ1v) is 24.4. The molecule has 0 saturated carbocycles. The highest BCUT2D eigenvalue weighted by molar-refractivity contribution is 7.22. The van der Waals surface area contributed by atoms with Gasteiger partial charge in [-0.3, -0.25) is 0 Å². The van der Waals surface area contributed by atoms with E-state index in [0.29, 0.717) is 5.92 Å². The fraction of sp³-hybridized carbons (Fsp3) is 0.138. The maximum Gasteiger partial charge on any atom is 0.494 e. The molecule has 310 valence electrons. The highest BCUT2D eigenvalue weighted by Gasteiger charge is 2.52. The van der Waals surface area contributed by atoms with Crippen molar-refractivity contribution in [3.63, 3.8) is 0 Å². The van der Waals surface area contributed by atoms with Gasteiger partial charge in [0, 0.05) is 74.7 Å². The minimum Gasteiger partial charge on any atom is -0.399 e. The van der Waals surface area contributed by atoms with Crippen molar-refractivity contribution < 1.29 is 9.31 Å². The number of aromatic nitrogens is 2. The lowest BCUT2D eigenvalue weighted by molar-refractivity contribution is 0.00578. The van der Waals surface area contributed by atoms with Gasteiger partial charge in [-0.15, -0.1) is 22.7 Å². The second-order valence-corrected chi connectivity index (χ2v) is 21.5. The van der Waals surface area contributed by atoms with Crippen LogP contribution in [0.25, 0.3) is 110 Å². The minimum atomic E-state index is -0.518. The average Bonchev–Trinajstić information content (AvgIpc) is 4.11. The predicted octanol–water partition coefficient (Wildman–Crippen LogP) is 15.1. The zero-order valence-electron chi connectivity index (χ0n) is 36.3. The summed E-state index contributed by atoms with van der Waals surface area (Å²) in [5.41, 5.74) is 14.6. The highest BCUT2D eigenvalue weighted by Crippen LogP contribution is 2.56. The molecular formula is C58H41BN2O2S2. The van der Waals surface area contributed by atoms with Gasteiger partial charge in [-0.2, -0.15) is 0 Å². The van der Waals surface area contributed by atoms with E-state index in [1.807, 2.05) is 22.7 Å². The maximum absolute atomic E-state index is 6.81. The molecule has 4 aliphatic rings. The summed E-state index contributed by atoms with van der Waals surface area (Å²) >= 11 is 4.04. The molecular weight excluding hydrogens is 832 g/mol. The molecule has 1 fully saturated rings. The van der Waals surface area contributed by atoms with Crippen LogP contribution in [0.5, 0.6) is 0 Å². The first kappa shape index (κ1) is 36.8. The number of hydrogen-bond donors (Lipinski definition) is 0. The predicted molar refractivity (Wildman–Crippen MR) is 276 cm³/mol. The molecule has 6 heterocycles. The quantitative estimate of drug-likeness (QED) is 0.166. The normalized spacial score (nSPS) is 18.7. The third-order valence-corrected chi connectivity index (χ3v) is 18.0. The Morgan fingerprint density at radius 1 is 0.477 bits per heavy atom. The molecule has 65 heavy (non-hydrogen) atoms. The van der Waals surface area contributed by atoms with Crippen LogP contribution in [-0.2, 0) is 9.31 Å². The lowest BCUT2D eigenvalue weighted by Crippen LogP contribution is -2.41. The van der Waals surface area contributed by atoms with E-state index in [1.54, 1.807) is 0 Å². The number of benzene rings is 7. The summed E-state index contributed by atoms with van der Waals surface area (Å²) in [6, 6.07) is 52.4. The van der Waals surface area contributed by atoms with Crippen LogP contribution >= 0.6 is 22.7 Å². The van der Waals surface area contributed by atoms with Gasteiger partial charge in [0.2, 0.25) is 0 Å². The van der Waals surface area contributed by atoms with Gasteiger partial charge in [-0.1, -0.05) is 97.1 Å². The van der Waals surface area contributed by atoms with Crippen LogP contribution in [-0.4, -0.2) is 27.5 Å². The summed E-state index contributed by atoms with van der Waals surface area (Å²) in [7, 11) is -0.518. The second-order valence-electron chi connectivity index (χ2n) is 19.4. The molecule has 0 spiro atoms. The van der Waals surface area contributed by atoms with Gasteiger partial charge in [-0.25, -0.2) is 0 Å². The molecule has 10 bridgehead atoms. The number of thiophene rings is 2. The molecule has 0 N–H and O–H groups in total. The van der Waals surface area contributed by atoms with Gasteiger partial charge in [0.1, 0.15) is 0 Å². The molecule has 4 aromatic heterocycles. The van der Waals surface area contributed by atoms with Crippen molar-refractivity contribution in [3.05, 3.63) is 173 Å². The summed E-state index contributed by atoms with van der Waals surface area (Å²) in [4.78, 5) is 2.94. The monoisotopic (exact) mass is 872 g/mol. The Balaban J connectivity index is 1.10. The molecule has 11 aromatic rings. The van der Waals surface area contributed by atoms with E-state index in [0.717, 1.165) is 16.6 Å². The van der Waals surface area contributed by atoms with Crippen LogP contribution in [0.15, 0.2) is 152 Å². The third-order valence-electron chi connectivity index (χ3n) is 15.4. The maximum atomic E-state index is 6.81. The van der Waals surface area contributed by atoms with E-state index < -0.39 is 18.3 Å².